The van der Waals surface area contributed by atoms with Gasteiger partial charge in [-0.05, 0) is 67.6 Å². The Morgan fingerprint density at radius 1 is 1.05 bits per heavy atom. The van der Waals surface area contributed by atoms with Crippen molar-refractivity contribution < 1.29 is 27.1 Å². The molecule has 1 fully saturated rings. The van der Waals surface area contributed by atoms with Crippen molar-refractivity contribution in [3.05, 3.63) is 68.6 Å². The molecule has 0 aliphatic carbocycles. The van der Waals surface area contributed by atoms with Crippen LogP contribution >= 0.6 is 0 Å². The van der Waals surface area contributed by atoms with Crippen molar-refractivity contribution >= 4 is 26.7 Å². The summed E-state index contributed by atoms with van der Waals surface area (Å²) in [6.07, 6.45) is 3.37. The second kappa shape index (κ2) is 10.1. The van der Waals surface area contributed by atoms with Crippen LogP contribution < -0.4 is 14.9 Å². The van der Waals surface area contributed by atoms with Crippen LogP contribution in [-0.4, -0.2) is 50.5 Å². The van der Waals surface area contributed by atoms with Crippen molar-refractivity contribution in [1.29, 1.82) is 0 Å². The number of fused-ring (bicyclic) bond motifs is 2. The summed E-state index contributed by atoms with van der Waals surface area (Å²) < 4.78 is 42.4. The number of amides is 1. The minimum absolute atomic E-state index is 0.000110. The van der Waals surface area contributed by atoms with E-state index in [0.717, 1.165) is 30.4 Å². The van der Waals surface area contributed by atoms with Crippen LogP contribution in [0.15, 0.2) is 39.5 Å². The zero-order valence-electron chi connectivity index (χ0n) is 22.2. The molecule has 2 aromatic carbocycles. The van der Waals surface area contributed by atoms with Crippen LogP contribution in [0.3, 0.4) is 0 Å². The number of hydrogen-bond acceptors (Lipinski definition) is 7. The number of nitrogens with zero attached hydrogens (tertiary/aromatic N) is 1. The standard InChI is InChI=1S/C29H33NO7S/c1-5-6-7-11-36-22-9-8-19(15-24(22)35-4)26-25-27(31)21-13-17(2)18(3)14-23(21)37-28(25)29(32)30(26)20-10-12-38(33,34)16-20/h8-9,13-15,20,26H,5-7,10-12,16H2,1-4H3. The van der Waals surface area contributed by atoms with Gasteiger partial charge in [0, 0.05) is 6.04 Å². The summed E-state index contributed by atoms with van der Waals surface area (Å²) in [6, 6.07) is 7.54. The lowest BCUT2D eigenvalue weighted by Gasteiger charge is -2.30. The Hall–Kier alpha value is -3.33. The van der Waals surface area contributed by atoms with Crippen LogP contribution in [0.4, 0.5) is 0 Å². The molecule has 3 heterocycles. The zero-order valence-corrected chi connectivity index (χ0v) is 23.0. The maximum atomic E-state index is 13.9. The predicted molar refractivity (Wildman–Crippen MR) is 145 cm³/mol. The molecule has 2 atom stereocenters. The molecule has 8 nitrogen and oxygen atoms in total. The third kappa shape index (κ3) is 4.57. The smallest absolute Gasteiger partial charge is 0.291 e. The van der Waals surface area contributed by atoms with Crippen molar-refractivity contribution in [2.24, 2.45) is 0 Å². The second-order valence-electron chi connectivity index (χ2n) is 10.2. The van der Waals surface area contributed by atoms with Crippen LogP contribution in [0, 0.1) is 13.8 Å². The molecule has 0 radical (unpaired) electrons. The molecule has 0 spiro atoms. The van der Waals surface area contributed by atoms with E-state index in [0.29, 0.717) is 41.1 Å². The van der Waals surface area contributed by atoms with Crippen LogP contribution in [0.2, 0.25) is 0 Å². The lowest BCUT2D eigenvalue weighted by Crippen LogP contribution is -2.40. The van der Waals surface area contributed by atoms with E-state index in [1.54, 1.807) is 31.4 Å². The summed E-state index contributed by atoms with van der Waals surface area (Å²) in [5, 5.41) is 0.397. The van der Waals surface area contributed by atoms with Gasteiger partial charge < -0.3 is 18.8 Å². The predicted octanol–water partition coefficient (Wildman–Crippen LogP) is 4.72. The van der Waals surface area contributed by atoms with Gasteiger partial charge in [0.05, 0.1) is 42.2 Å². The van der Waals surface area contributed by atoms with Gasteiger partial charge in [0.1, 0.15) is 5.58 Å². The van der Waals surface area contributed by atoms with Gasteiger partial charge in [-0.3, -0.25) is 9.59 Å². The van der Waals surface area contributed by atoms with Crippen molar-refractivity contribution in [3.63, 3.8) is 0 Å². The van der Waals surface area contributed by atoms with Crippen LogP contribution in [-0.2, 0) is 9.84 Å². The number of sulfone groups is 1. The molecule has 0 bridgehead atoms. The lowest BCUT2D eigenvalue weighted by molar-refractivity contribution is 0.0662. The highest BCUT2D eigenvalue weighted by Gasteiger charge is 2.48. The van der Waals surface area contributed by atoms with E-state index in [2.05, 4.69) is 6.92 Å². The van der Waals surface area contributed by atoms with Crippen molar-refractivity contribution in [2.45, 2.75) is 58.5 Å². The average molecular weight is 540 g/mol. The largest absolute Gasteiger partial charge is 0.493 e. The molecule has 2 unspecified atom stereocenters. The summed E-state index contributed by atoms with van der Waals surface area (Å²) in [5.74, 6) is 0.409. The molecule has 0 saturated carbocycles. The van der Waals surface area contributed by atoms with Gasteiger partial charge in [-0.2, -0.15) is 0 Å². The van der Waals surface area contributed by atoms with E-state index in [-0.39, 0.29) is 28.3 Å². The fourth-order valence-electron chi connectivity index (χ4n) is 5.45. The Bertz CT molecular complexity index is 1570. The van der Waals surface area contributed by atoms with Crippen LogP contribution in [0.1, 0.15) is 71.5 Å². The minimum atomic E-state index is -3.29. The Morgan fingerprint density at radius 2 is 1.82 bits per heavy atom. The summed E-state index contributed by atoms with van der Waals surface area (Å²) in [7, 11) is -1.75. The van der Waals surface area contributed by atoms with Crippen molar-refractivity contribution in [1.82, 2.24) is 4.90 Å². The van der Waals surface area contributed by atoms with Gasteiger partial charge >= 0.3 is 0 Å². The number of benzene rings is 2. The Kier molecular flexibility index (Phi) is 6.98. The van der Waals surface area contributed by atoms with Gasteiger partial charge in [0.25, 0.3) is 5.91 Å². The molecule has 9 heteroatoms. The number of ether oxygens (including phenoxy) is 2. The summed E-state index contributed by atoms with van der Waals surface area (Å²) in [5.41, 5.74) is 2.81. The topological polar surface area (TPSA) is 103 Å². The molecular weight excluding hydrogens is 506 g/mol. The third-order valence-electron chi connectivity index (χ3n) is 7.63. The average Bonchev–Trinajstić information content (AvgIpc) is 3.39. The maximum Gasteiger partial charge on any atom is 0.291 e. The van der Waals surface area contributed by atoms with Gasteiger partial charge in [0.2, 0.25) is 5.76 Å². The number of hydrogen-bond donors (Lipinski definition) is 0. The molecule has 5 rings (SSSR count). The molecule has 1 amide bonds. The highest BCUT2D eigenvalue weighted by Crippen LogP contribution is 2.43. The first kappa shape index (κ1) is 26.3. The Morgan fingerprint density at radius 3 is 2.50 bits per heavy atom. The first-order valence-electron chi connectivity index (χ1n) is 13.1. The van der Waals surface area contributed by atoms with Crippen molar-refractivity contribution in [3.8, 4) is 11.5 Å². The fraction of sp³-hybridized carbons (Fsp3) is 0.448. The van der Waals surface area contributed by atoms with Crippen LogP contribution in [0.25, 0.3) is 11.0 Å². The van der Waals surface area contributed by atoms with Crippen molar-refractivity contribution in [2.75, 3.05) is 25.2 Å². The maximum absolute atomic E-state index is 13.9. The number of unbranched alkanes of at least 4 members (excludes halogenated alkanes) is 2. The molecular formula is C29H33NO7S. The first-order valence-corrected chi connectivity index (χ1v) is 14.9. The Balaban J connectivity index is 1.65. The van der Waals surface area contributed by atoms with Gasteiger partial charge in [0.15, 0.2) is 26.8 Å². The summed E-state index contributed by atoms with van der Waals surface area (Å²) in [6.45, 7) is 6.51. The molecule has 3 aromatic rings. The first-order chi connectivity index (χ1) is 18.1. The molecule has 38 heavy (non-hydrogen) atoms. The normalized spacial score (nSPS) is 20.2. The van der Waals surface area contributed by atoms with Gasteiger partial charge in [-0.15, -0.1) is 0 Å². The number of carbonyl (C=O) groups is 1. The molecule has 2 aliphatic heterocycles. The summed E-state index contributed by atoms with van der Waals surface area (Å²) in [4.78, 5) is 29.2. The second-order valence-corrected chi connectivity index (χ2v) is 12.5. The summed E-state index contributed by atoms with van der Waals surface area (Å²) >= 11 is 0. The van der Waals surface area contributed by atoms with E-state index >= 15 is 0 Å². The zero-order chi connectivity index (χ0) is 27.2. The van der Waals surface area contributed by atoms with E-state index in [1.807, 2.05) is 19.9 Å². The fourth-order valence-corrected chi connectivity index (χ4v) is 7.16. The molecule has 202 valence electrons. The highest BCUT2D eigenvalue weighted by molar-refractivity contribution is 7.91. The Labute approximate surface area is 222 Å². The van der Waals surface area contributed by atoms with Gasteiger partial charge in [-0.1, -0.05) is 25.8 Å². The van der Waals surface area contributed by atoms with E-state index < -0.39 is 27.8 Å². The molecule has 0 N–H and O–H groups in total. The number of rotatable bonds is 8. The lowest BCUT2D eigenvalue weighted by atomic mass is 9.96. The van der Waals surface area contributed by atoms with Gasteiger partial charge in [-0.25, -0.2) is 8.42 Å². The SMILES string of the molecule is CCCCCOc1ccc(C2c3c(oc4cc(C)c(C)cc4c3=O)C(=O)N2C2CCS(=O)(=O)C2)cc1OC. The van der Waals surface area contributed by atoms with E-state index in [1.165, 1.54) is 4.90 Å². The number of carbonyl (C=O) groups excluding carboxylic acids is 1. The quantitative estimate of drug-likeness (QED) is 0.382. The molecule has 1 aromatic heterocycles. The monoisotopic (exact) mass is 539 g/mol. The van der Waals surface area contributed by atoms with Crippen LogP contribution in [0.5, 0.6) is 11.5 Å². The number of aryl methyl sites for hydroxylation is 2. The third-order valence-corrected chi connectivity index (χ3v) is 9.38. The molecule has 2 aliphatic rings. The highest BCUT2D eigenvalue weighted by atomic mass is 32.2. The number of methoxy groups -OCH3 is 1. The molecule has 1 saturated heterocycles. The van der Waals surface area contributed by atoms with E-state index in [4.69, 9.17) is 13.9 Å². The van der Waals surface area contributed by atoms with E-state index in [9.17, 15) is 18.0 Å². The minimum Gasteiger partial charge on any atom is -0.493 e.